The first-order chi connectivity index (χ1) is 6.38. The summed E-state index contributed by atoms with van der Waals surface area (Å²) in [5.74, 6) is -0.536. The second-order valence-electron chi connectivity index (χ2n) is 5.10. The zero-order valence-corrected chi connectivity index (χ0v) is 9.29. The van der Waals surface area contributed by atoms with Crippen molar-refractivity contribution in [2.75, 3.05) is 0 Å². The highest BCUT2D eigenvalue weighted by Gasteiger charge is 2.47. The van der Waals surface area contributed by atoms with Crippen LogP contribution in [0.2, 0.25) is 0 Å². The van der Waals surface area contributed by atoms with Crippen LogP contribution in [-0.4, -0.2) is 11.9 Å². The molecule has 0 aromatic heterocycles. The number of nitrogens with zero attached hydrogens (tertiary/aromatic N) is 1. The van der Waals surface area contributed by atoms with Gasteiger partial charge in [0.15, 0.2) is 0 Å². The number of carbonyl (C=O) groups is 1. The van der Waals surface area contributed by atoms with Crippen molar-refractivity contribution < 1.29 is 4.79 Å². The molecular formula is C11H18N2O. The van der Waals surface area contributed by atoms with E-state index in [0.29, 0.717) is 0 Å². The number of amides is 1. The molecule has 1 N–H and O–H groups in total. The molecule has 0 bridgehead atoms. The van der Waals surface area contributed by atoms with Crippen LogP contribution in [0.15, 0.2) is 0 Å². The molecule has 1 amide bonds. The van der Waals surface area contributed by atoms with Gasteiger partial charge in [-0.25, -0.2) is 0 Å². The number of carbonyl (C=O) groups excluding carboxylic acids is 1. The van der Waals surface area contributed by atoms with E-state index in [9.17, 15) is 4.79 Å². The molecular weight excluding hydrogens is 176 g/mol. The number of nitrogens with one attached hydrogen (secondary N) is 1. The highest BCUT2D eigenvalue weighted by molar-refractivity contribution is 5.82. The summed E-state index contributed by atoms with van der Waals surface area (Å²) in [5.41, 5.74) is 0.229. The van der Waals surface area contributed by atoms with Crippen LogP contribution in [0, 0.1) is 28.6 Å². The van der Waals surface area contributed by atoms with Crippen LogP contribution >= 0.6 is 0 Å². The smallest absolute Gasteiger partial charge is 0.237 e. The fraction of sp³-hybridized carbons (Fsp3) is 0.818. The monoisotopic (exact) mass is 194 g/mol. The van der Waals surface area contributed by atoms with Gasteiger partial charge in [-0.15, -0.1) is 0 Å². The average Bonchev–Trinajstić information content (AvgIpc) is 2.58. The highest BCUT2D eigenvalue weighted by Crippen LogP contribution is 2.44. The molecule has 1 saturated carbocycles. The lowest BCUT2D eigenvalue weighted by Crippen LogP contribution is -2.35. The van der Waals surface area contributed by atoms with E-state index < -0.39 is 5.92 Å². The highest BCUT2D eigenvalue weighted by atomic mass is 16.2. The van der Waals surface area contributed by atoms with Crippen LogP contribution in [-0.2, 0) is 4.79 Å². The third kappa shape index (κ3) is 2.25. The van der Waals surface area contributed by atoms with Crippen molar-refractivity contribution in [3.8, 4) is 6.07 Å². The molecule has 1 aliphatic rings. The van der Waals surface area contributed by atoms with Gasteiger partial charge in [0.2, 0.25) is 5.91 Å². The Hall–Kier alpha value is -1.04. The van der Waals surface area contributed by atoms with Crippen molar-refractivity contribution in [2.45, 2.75) is 40.2 Å². The lowest BCUT2D eigenvalue weighted by atomic mass is 9.96. The fourth-order valence-electron chi connectivity index (χ4n) is 1.49. The summed E-state index contributed by atoms with van der Waals surface area (Å²) in [5, 5.41) is 11.7. The van der Waals surface area contributed by atoms with Crippen molar-refractivity contribution in [1.82, 2.24) is 5.32 Å². The minimum atomic E-state index is -0.508. The molecule has 2 unspecified atom stereocenters. The van der Waals surface area contributed by atoms with Crippen molar-refractivity contribution in [2.24, 2.45) is 17.3 Å². The Morgan fingerprint density at radius 1 is 1.57 bits per heavy atom. The quantitative estimate of drug-likeness (QED) is 0.743. The second-order valence-corrected chi connectivity index (χ2v) is 5.10. The van der Waals surface area contributed by atoms with Gasteiger partial charge >= 0.3 is 0 Å². The number of hydrogen-bond acceptors (Lipinski definition) is 2. The van der Waals surface area contributed by atoms with Crippen LogP contribution in [0.4, 0.5) is 0 Å². The van der Waals surface area contributed by atoms with E-state index in [0.717, 1.165) is 6.42 Å². The van der Waals surface area contributed by atoms with Gasteiger partial charge in [-0.05, 0) is 17.8 Å². The normalized spacial score (nSPS) is 25.3. The molecule has 0 heterocycles. The molecule has 3 heteroatoms. The molecule has 0 aliphatic heterocycles. The van der Waals surface area contributed by atoms with E-state index in [1.54, 1.807) is 0 Å². The predicted molar refractivity (Wildman–Crippen MR) is 54.3 cm³/mol. The Morgan fingerprint density at radius 3 is 2.36 bits per heavy atom. The number of rotatable bonds is 3. The molecule has 3 nitrogen and oxygen atoms in total. The maximum Gasteiger partial charge on any atom is 0.237 e. The Balaban J connectivity index is 2.47. The summed E-state index contributed by atoms with van der Waals surface area (Å²) in [6.07, 6.45) is 1.02. The van der Waals surface area contributed by atoms with Gasteiger partial charge in [0, 0.05) is 6.04 Å². The van der Waals surface area contributed by atoms with E-state index in [1.165, 1.54) is 0 Å². The van der Waals surface area contributed by atoms with E-state index in [4.69, 9.17) is 5.26 Å². The van der Waals surface area contributed by atoms with Crippen LogP contribution < -0.4 is 5.32 Å². The summed E-state index contributed by atoms with van der Waals surface area (Å²) >= 11 is 0. The van der Waals surface area contributed by atoms with Crippen LogP contribution in [0.25, 0.3) is 0 Å². The van der Waals surface area contributed by atoms with E-state index in [1.807, 2.05) is 19.9 Å². The summed E-state index contributed by atoms with van der Waals surface area (Å²) in [6.45, 7) is 8.03. The van der Waals surface area contributed by atoms with E-state index in [2.05, 4.69) is 19.2 Å². The van der Waals surface area contributed by atoms with Gasteiger partial charge in [-0.2, -0.15) is 5.26 Å². The van der Waals surface area contributed by atoms with Gasteiger partial charge in [-0.1, -0.05) is 27.7 Å². The molecule has 0 aromatic carbocycles. The molecule has 0 radical (unpaired) electrons. The van der Waals surface area contributed by atoms with Gasteiger partial charge in [0.05, 0.1) is 6.07 Å². The van der Waals surface area contributed by atoms with Crippen molar-refractivity contribution >= 4 is 5.91 Å². The lowest BCUT2D eigenvalue weighted by molar-refractivity contribution is -0.124. The molecule has 14 heavy (non-hydrogen) atoms. The summed E-state index contributed by atoms with van der Waals surface area (Å²) in [4.78, 5) is 11.6. The standard InChI is InChI=1S/C11H18N2O/c1-7(2)8(6-12)10(14)13-9-5-11(9,3)4/h7-9H,5H2,1-4H3,(H,13,14). The third-order valence-electron chi connectivity index (χ3n) is 2.92. The van der Waals surface area contributed by atoms with Gasteiger partial charge < -0.3 is 5.32 Å². The first kappa shape index (κ1) is 11.0. The average molecular weight is 194 g/mol. The van der Waals surface area contributed by atoms with Crippen LogP contribution in [0.3, 0.4) is 0 Å². The first-order valence-corrected chi connectivity index (χ1v) is 5.08. The number of nitriles is 1. The maximum atomic E-state index is 11.6. The zero-order chi connectivity index (χ0) is 10.9. The fourth-order valence-corrected chi connectivity index (χ4v) is 1.49. The van der Waals surface area contributed by atoms with Crippen LogP contribution in [0.5, 0.6) is 0 Å². The minimum Gasteiger partial charge on any atom is -0.352 e. The maximum absolute atomic E-state index is 11.6. The van der Waals surface area contributed by atoms with Crippen LogP contribution in [0.1, 0.15) is 34.1 Å². The van der Waals surface area contributed by atoms with Gasteiger partial charge in [0.1, 0.15) is 5.92 Å². The Bertz CT molecular complexity index is 276. The van der Waals surface area contributed by atoms with Crippen molar-refractivity contribution in [3.05, 3.63) is 0 Å². The molecule has 0 spiro atoms. The zero-order valence-electron chi connectivity index (χ0n) is 9.29. The first-order valence-electron chi connectivity index (χ1n) is 5.08. The summed E-state index contributed by atoms with van der Waals surface area (Å²) < 4.78 is 0. The predicted octanol–water partition coefficient (Wildman–Crippen LogP) is 1.70. The topological polar surface area (TPSA) is 52.9 Å². The molecule has 0 saturated heterocycles. The molecule has 2 atom stereocenters. The molecule has 1 rings (SSSR count). The molecule has 1 fully saturated rings. The number of hydrogen-bond donors (Lipinski definition) is 1. The summed E-state index contributed by atoms with van der Waals surface area (Å²) in [6, 6.07) is 2.32. The van der Waals surface area contributed by atoms with Crippen molar-refractivity contribution in [3.63, 3.8) is 0 Å². The SMILES string of the molecule is CC(C)C(C#N)C(=O)NC1CC1(C)C. The van der Waals surface area contributed by atoms with E-state index in [-0.39, 0.29) is 23.3 Å². The second kappa shape index (κ2) is 3.61. The van der Waals surface area contributed by atoms with Gasteiger partial charge in [0.25, 0.3) is 0 Å². The van der Waals surface area contributed by atoms with Gasteiger partial charge in [-0.3, -0.25) is 4.79 Å². The molecule has 1 aliphatic carbocycles. The Labute approximate surface area is 85.5 Å². The molecule has 0 aromatic rings. The summed E-state index contributed by atoms with van der Waals surface area (Å²) in [7, 11) is 0. The van der Waals surface area contributed by atoms with E-state index >= 15 is 0 Å². The molecule has 78 valence electrons. The van der Waals surface area contributed by atoms with Crippen molar-refractivity contribution in [1.29, 1.82) is 5.26 Å². The Kier molecular flexibility index (Phi) is 2.84. The minimum absolute atomic E-state index is 0.0851. The largest absolute Gasteiger partial charge is 0.352 e. The Morgan fingerprint density at radius 2 is 2.07 bits per heavy atom. The third-order valence-corrected chi connectivity index (χ3v) is 2.92. The lowest BCUT2D eigenvalue weighted by Gasteiger charge is -2.13.